The van der Waals surface area contributed by atoms with E-state index in [4.69, 9.17) is 11.1 Å². The number of hydrogen-bond donors (Lipinski definition) is 2. The van der Waals surface area contributed by atoms with Crippen LogP contribution in [0.5, 0.6) is 0 Å². The Hall–Kier alpha value is -2.40. The largest absolute Gasteiger partial charge is 0.398 e. The molecule has 3 N–H and O–H groups in total. The van der Waals surface area contributed by atoms with Gasteiger partial charge in [0.05, 0.1) is 0 Å². The van der Waals surface area contributed by atoms with Gasteiger partial charge in [-0.15, -0.1) is 0 Å². The van der Waals surface area contributed by atoms with Crippen LogP contribution in [0.1, 0.15) is 30.4 Å². The number of nitrogens with two attached hydrogens (primary N) is 1. The van der Waals surface area contributed by atoms with Gasteiger partial charge in [-0.25, -0.2) is 4.98 Å². The van der Waals surface area contributed by atoms with Gasteiger partial charge in [0.2, 0.25) is 0 Å². The highest BCUT2D eigenvalue weighted by Crippen LogP contribution is 2.16. The highest BCUT2D eigenvalue weighted by Gasteiger charge is 2.17. The molecule has 0 aliphatic carbocycles. The van der Waals surface area contributed by atoms with Gasteiger partial charge in [0, 0.05) is 49.8 Å². The fourth-order valence-electron chi connectivity index (χ4n) is 3.49. The van der Waals surface area contributed by atoms with Gasteiger partial charge >= 0.3 is 0 Å². The van der Waals surface area contributed by atoms with E-state index >= 15 is 0 Å². The maximum Gasteiger partial charge on any atom is 0.128 e. The van der Waals surface area contributed by atoms with Crippen molar-refractivity contribution in [2.24, 2.45) is 0 Å². The van der Waals surface area contributed by atoms with Crippen molar-refractivity contribution in [3.05, 3.63) is 53.7 Å². The van der Waals surface area contributed by atoms with Gasteiger partial charge in [-0.3, -0.25) is 4.90 Å². The minimum absolute atomic E-state index is 0.711. The van der Waals surface area contributed by atoms with E-state index in [0.29, 0.717) is 5.69 Å². The second kappa shape index (κ2) is 9.34. The predicted molar refractivity (Wildman–Crippen MR) is 109 cm³/mol. The zero-order valence-electron chi connectivity index (χ0n) is 15.4. The molecular formula is C21H29N5. The fraction of sp³-hybridized carbons (Fsp3) is 0.429. The van der Waals surface area contributed by atoms with Gasteiger partial charge in [-0.1, -0.05) is 24.6 Å². The number of unbranched alkanes of at least 4 members (excludes halogenated alkanes) is 2. The Labute approximate surface area is 156 Å². The van der Waals surface area contributed by atoms with Gasteiger partial charge in [-0.2, -0.15) is 0 Å². The first-order valence-corrected chi connectivity index (χ1v) is 9.53. The number of nitrogens with one attached hydrogen (secondary N) is 1. The quantitative estimate of drug-likeness (QED) is 0.435. The molecule has 0 atom stereocenters. The molecular weight excluding hydrogens is 322 g/mol. The van der Waals surface area contributed by atoms with Gasteiger partial charge in [0.15, 0.2) is 0 Å². The van der Waals surface area contributed by atoms with Gasteiger partial charge < -0.3 is 16.0 Å². The zero-order valence-corrected chi connectivity index (χ0v) is 15.4. The summed E-state index contributed by atoms with van der Waals surface area (Å²) in [6.45, 7) is 5.56. The van der Waals surface area contributed by atoms with Gasteiger partial charge in [0.25, 0.3) is 0 Å². The lowest BCUT2D eigenvalue weighted by molar-refractivity contribution is 0.252. The van der Waals surface area contributed by atoms with Crippen molar-refractivity contribution in [2.75, 3.05) is 43.4 Å². The van der Waals surface area contributed by atoms with Crippen LogP contribution in [0.2, 0.25) is 0 Å². The molecule has 138 valence electrons. The monoisotopic (exact) mass is 351 g/mol. The second-order valence-electron chi connectivity index (χ2n) is 6.93. The van der Waals surface area contributed by atoms with Crippen LogP contribution in [0.25, 0.3) is 0 Å². The number of piperazine rings is 1. The van der Waals surface area contributed by atoms with E-state index in [-0.39, 0.29) is 0 Å². The number of pyridine rings is 1. The lowest BCUT2D eigenvalue weighted by Gasteiger charge is -2.35. The van der Waals surface area contributed by atoms with E-state index in [1.165, 1.54) is 37.6 Å². The third-order valence-corrected chi connectivity index (χ3v) is 5.09. The molecule has 0 saturated carbocycles. The number of aromatic nitrogens is 1. The number of benzene rings is 1. The Morgan fingerprint density at radius 2 is 1.88 bits per heavy atom. The summed E-state index contributed by atoms with van der Waals surface area (Å²) in [5, 5.41) is 7.29. The van der Waals surface area contributed by atoms with Crippen LogP contribution < -0.4 is 10.6 Å². The summed E-state index contributed by atoms with van der Waals surface area (Å²) >= 11 is 0. The van der Waals surface area contributed by atoms with Gasteiger partial charge in [0.1, 0.15) is 5.82 Å². The predicted octanol–water partition coefficient (Wildman–Crippen LogP) is 3.20. The molecule has 1 aromatic heterocycles. The molecule has 1 fully saturated rings. The molecule has 2 aromatic rings. The topological polar surface area (TPSA) is 69.2 Å². The van der Waals surface area contributed by atoms with Crippen LogP contribution in [0.3, 0.4) is 0 Å². The van der Waals surface area contributed by atoms with Crippen LogP contribution >= 0.6 is 0 Å². The first-order chi connectivity index (χ1) is 12.8. The van der Waals surface area contributed by atoms with Crippen LogP contribution in [0.15, 0.2) is 42.6 Å². The maximum absolute atomic E-state index is 7.29. The Morgan fingerprint density at radius 1 is 1.04 bits per heavy atom. The molecule has 0 spiro atoms. The lowest BCUT2D eigenvalue weighted by Crippen LogP contribution is -2.46. The van der Waals surface area contributed by atoms with Gasteiger partial charge in [-0.05, 0) is 49.6 Å². The molecule has 0 bridgehead atoms. The second-order valence-corrected chi connectivity index (χ2v) is 6.93. The molecule has 0 radical (unpaired) electrons. The molecule has 26 heavy (non-hydrogen) atoms. The Bertz CT molecular complexity index is 693. The van der Waals surface area contributed by atoms with Crippen molar-refractivity contribution >= 4 is 17.7 Å². The SMILES string of the molecule is N=Cc1ccc(CCCCCN2CCN(c3ccccn3)CC2)cc1N. The molecule has 5 heteroatoms. The summed E-state index contributed by atoms with van der Waals surface area (Å²) < 4.78 is 0. The van der Waals surface area contributed by atoms with Crippen molar-refractivity contribution in [3.63, 3.8) is 0 Å². The van der Waals surface area contributed by atoms with Crippen LogP contribution in [0, 0.1) is 5.41 Å². The highest BCUT2D eigenvalue weighted by molar-refractivity contribution is 5.84. The molecule has 0 unspecified atom stereocenters. The summed E-state index contributed by atoms with van der Waals surface area (Å²) in [6.07, 6.45) is 7.93. The lowest BCUT2D eigenvalue weighted by atomic mass is 10.0. The summed E-state index contributed by atoms with van der Waals surface area (Å²) in [6, 6.07) is 12.2. The summed E-state index contributed by atoms with van der Waals surface area (Å²) in [4.78, 5) is 9.39. The molecule has 1 saturated heterocycles. The average Bonchev–Trinajstić information content (AvgIpc) is 2.69. The van der Waals surface area contributed by atoms with E-state index in [9.17, 15) is 0 Å². The van der Waals surface area contributed by atoms with Crippen molar-refractivity contribution in [1.29, 1.82) is 5.41 Å². The summed E-state index contributed by atoms with van der Waals surface area (Å²) in [7, 11) is 0. The van der Waals surface area contributed by atoms with Crippen molar-refractivity contribution in [2.45, 2.75) is 25.7 Å². The molecule has 1 aliphatic rings. The minimum atomic E-state index is 0.711. The Balaban J connectivity index is 1.31. The molecule has 1 aliphatic heterocycles. The van der Waals surface area contributed by atoms with Crippen LogP contribution in [0.4, 0.5) is 11.5 Å². The van der Waals surface area contributed by atoms with E-state index < -0.39 is 0 Å². The smallest absolute Gasteiger partial charge is 0.128 e. The number of anilines is 2. The third kappa shape index (κ3) is 5.05. The molecule has 0 amide bonds. The normalized spacial score (nSPS) is 15.2. The van der Waals surface area contributed by atoms with Crippen molar-refractivity contribution in [3.8, 4) is 0 Å². The van der Waals surface area contributed by atoms with E-state index in [2.05, 4.69) is 33.0 Å². The summed E-state index contributed by atoms with van der Waals surface area (Å²) in [5.41, 5.74) is 8.74. The van der Waals surface area contributed by atoms with E-state index in [0.717, 1.165) is 44.0 Å². The first kappa shape index (κ1) is 18.4. The first-order valence-electron chi connectivity index (χ1n) is 9.53. The van der Waals surface area contributed by atoms with E-state index in [1.54, 1.807) is 0 Å². The number of nitrogen functional groups attached to an aromatic ring is 1. The maximum atomic E-state index is 7.29. The fourth-order valence-corrected chi connectivity index (χ4v) is 3.49. The molecule has 3 rings (SSSR count). The van der Waals surface area contributed by atoms with E-state index in [1.807, 2.05) is 24.4 Å². The Morgan fingerprint density at radius 3 is 2.58 bits per heavy atom. The number of aryl methyl sites for hydroxylation is 1. The Kier molecular flexibility index (Phi) is 6.61. The number of rotatable bonds is 8. The molecule has 5 nitrogen and oxygen atoms in total. The van der Waals surface area contributed by atoms with Crippen LogP contribution in [-0.4, -0.2) is 48.8 Å². The standard InChI is InChI=1S/C21H29N5/c22-17-19-9-8-18(16-20(19)23)6-2-1-5-11-25-12-14-26(15-13-25)21-7-3-4-10-24-21/h3-4,7-10,16-17,22H,1-2,5-6,11-15,23H2. The number of nitrogens with zero attached hydrogens (tertiary/aromatic N) is 3. The average molecular weight is 351 g/mol. The third-order valence-electron chi connectivity index (χ3n) is 5.09. The van der Waals surface area contributed by atoms with Crippen molar-refractivity contribution in [1.82, 2.24) is 9.88 Å². The zero-order chi connectivity index (χ0) is 18.2. The van der Waals surface area contributed by atoms with Crippen molar-refractivity contribution < 1.29 is 0 Å². The minimum Gasteiger partial charge on any atom is -0.398 e. The molecule has 1 aromatic carbocycles. The van der Waals surface area contributed by atoms with Crippen LogP contribution in [-0.2, 0) is 6.42 Å². The number of hydrogen-bond acceptors (Lipinski definition) is 5. The highest BCUT2D eigenvalue weighted by atomic mass is 15.3. The molecule has 2 heterocycles. The summed E-state index contributed by atoms with van der Waals surface area (Å²) in [5.74, 6) is 1.10.